The second-order valence-electron chi connectivity index (χ2n) is 3.40. The molecule has 4 N–H and O–H groups in total. The quantitative estimate of drug-likeness (QED) is 0.774. The number of aliphatic imine (C=N–C) groups is 2. The smallest absolute Gasteiger partial charge is 0.228 e. The third kappa shape index (κ3) is 1.68. The summed E-state index contributed by atoms with van der Waals surface area (Å²) in [5.41, 5.74) is 9.09. The lowest BCUT2D eigenvalue weighted by Crippen LogP contribution is -2.44. The van der Waals surface area contributed by atoms with Crippen molar-refractivity contribution in [2.45, 2.75) is 12.0 Å². The first kappa shape index (κ1) is 11.0. The Morgan fingerprint density at radius 1 is 1.38 bits per heavy atom. The number of hydrogen-bond acceptors (Lipinski definition) is 4. The number of alkyl halides is 1. The Labute approximate surface area is 96.8 Å². The van der Waals surface area contributed by atoms with Crippen LogP contribution in [-0.2, 0) is 5.67 Å². The predicted molar refractivity (Wildman–Crippen MR) is 62.3 cm³/mol. The van der Waals surface area contributed by atoms with Gasteiger partial charge in [-0.3, -0.25) is 10.7 Å². The summed E-state index contributed by atoms with van der Waals surface area (Å²) in [6, 6.07) is 6.48. The van der Waals surface area contributed by atoms with Crippen molar-refractivity contribution in [1.82, 2.24) is 0 Å². The van der Waals surface area contributed by atoms with Gasteiger partial charge in [0.2, 0.25) is 5.67 Å². The molecule has 0 bridgehead atoms. The van der Waals surface area contributed by atoms with E-state index in [1.165, 1.54) is 6.07 Å². The van der Waals surface area contributed by atoms with E-state index in [0.717, 1.165) is 6.21 Å². The number of amidine groups is 1. The average Bonchev–Trinajstić information content (AvgIpc) is 2.25. The van der Waals surface area contributed by atoms with Crippen LogP contribution < -0.4 is 11.5 Å². The van der Waals surface area contributed by atoms with Crippen LogP contribution in [0.2, 0.25) is 5.02 Å². The van der Waals surface area contributed by atoms with Gasteiger partial charge in [0.05, 0.1) is 6.21 Å². The summed E-state index contributed by atoms with van der Waals surface area (Å²) in [7, 11) is 0. The van der Waals surface area contributed by atoms with Gasteiger partial charge in [-0.25, -0.2) is 9.38 Å². The van der Waals surface area contributed by atoms with Gasteiger partial charge >= 0.3 is 0 Å². The fourth-order valence-corrected chi connectivity index (χ4v) is 1.75. The van der Waals surface area contributed by atoms with Crippen molar-refractivity contribution < 1.29 is 4.39 Å². The molecule has 0 spiro atoms. The zero-order valence-corrected chi connectivity index (χ0v) is 9.03. The fraction of sp³-hybridized carbons (Fsp3) is 0.200. The third-order valence-corrected chi connectivity index (χ3v) is 2.64. The highest BCUT2D eigenvalue weighted by molar-refractivity contribution is 6.32. The number of hydrogen-bond donors (Lipinski definition) is 2. The van der Waals surface area contributed by atoms with Crippen molar-refractivity contribution in [3.63, 3.8) is 0 Å². The minimum atomic E-state index is -2.08. The maximum absolute atomic E-state index is 14.6. The van der Waals surface area contributed by atoms with Crippen molar-refractivity contribution >= 4 is 23.7 Å². The molecule has 2 unspecified atom stereocenters. The fourth-order valence-electron chi connectivity index (χ4n) is 1.48. The summed E-state index contributed by atoms with van der Waals surface area (Å²) in [6.07, 6.45) is 0.202. The summed E-state index contributed by atoms with van der Waals surface area (Å²) in [4.78, 5) is 7.40. The van der Waals surface area contributed by atoms with E-state index in [9.17, 15) is 4.39 Å². The lowest BCUT2D eigenvalue weighted by Gasteiger charge is -2.25. The van der Waals surface area contributed by atoms with Gasteiger partial charge in [-0.05, 0) is 6.07 Å². The van der Waals surface area contributed by atoms with E-state index < -0.39 is 12.0 Å². The van der Waals surface area contributed by atoms with Gasteiger partial charge in [0.1, 0.15) is 5.84 Å². The molecule has 0 aliphatic carbocycles. The summed E-state index contributed by atoms with van der Waals surface area (Å²) in [5.74, 6) is -0.233. The molecule has 1 aliphatic heterocycles. The molecule has 0 saturated heterocycles. The molecule has 2 rings (SSSR count). The number of nitrogens with zero attached hydrogens (tertiary/aromatic N) is 2. The van der Waals surface area contributed by atoms with Crippen molar-refractivity contribution in [3.05, 3.63) is 34.9 Å². The van der Waals surface area contributed by atoms with Crippen LogP contribution in [0.25, 0.3) is 0 Å². The van der Waals surface area contributed by atoms with Crippen LogP contribution in [0.3, 0.4) is 0 Å². The minimum absolute atomic E-state index is 0.216. The summed E-state index contributed by atoms with van der Waals surface area (Å²) >= 11 is 5.91. The first-order valence-corrected chi connectivity index (χ1v) is 4.99. The van der Waals surface area contributed by atoms with E-state index in [0.29, 0.717) is 0 Å². The van der Waals surface area contributed by atoms with Gasteiger partial charge in [-0.2, -0.15) is 0 Å². The second-order valence-corrected chi connectivity index (χ2v) is 3.80. The van der Waals surface area contributed by atoms with Crippen molar-refractivity contribution in [1.29, 1.82) is 0 Å². The highest BCUT2D eigenvalue weighted by Crippen LogP contribution is 2.32. The Morgan fingerprint density at radius 2 is 2.06 bits per heavy atom. The molecule has 2 atom stereocenters. The van der Waals surface area contributed by atoms with Gasteiger partial charge in [-0.1, -0.05) is 29.8 Å². The van der Waals surface area contributed by atoms with Crippen molar-refractivity contribution in [2.75, 3.05) is 0 Å². The van der Waals surface area contributed by atoms with Gasteiger partial charge < -0.3 is 5.73 Å². The monoisotopic (exact) mass is 240 g/mol. The van der Waals surface area contributed by atoms with Gasteiger partial charge in [0, 0.05) is 10.6 Å². The van der Waals surface area contributed by atoms with Gasteiger partial charge in [0.25, 0.3) is 0 Å². The maximum Gasteiger partial charge on any atom is 0.228 e. The average molecular weight is 241 g/mol. The summed E-state index contributed by atoms with van der Waals surface area (Å²) in [5, 5.41) is 0.269. The normalized spacial score (nSPS) is 28.9. The third-order valence-electron chi connectivity index (χ3n) is 2.32. The number of nitrogens with two attached hydrogens (primary N) is 2. The lowest BCUT2D eigenvalue weighted by atomic mass is 9.95. The van der Waals surface area contributed by atoms with Gasteiger partial charge in [-0.15, -0.1) is 0 Å². The Bertz CT molecular complexity index is 474. The topological polar surface area (TPSA) is 76.8 Å². The Balaban J connectivity index is 2.52. The van der Waals surface area contributed by atoms with E-state index in [4.69, 9.17) is 23.1 Å². The molecule has 84 valence electrons. The molecule has 1 aromatic carbocycles. The lowest BCUT2D eigenvalue weighted by molar-refractivity contribution is 0.356. The van der Waals surface area contributed by atoms with Crippen molar-refractivity contribution in [2.24, 2.45) is 21.5 Å². The molecule has 0 aromatic heterocycles. The molecule has 0 amide bonds. The molecule has 0 radical (unpaired) electrons. The Kier molecular flexibility index (Phi) is 2.65. The SMILES string of the molecule is NC1=NC(N)N=CC1(F)c1ccccc1Cl. The van der Waals surface area contributed by atoms with Crippen LogP contribution in [0.15, 0.2) is 34.3 Å². The maximum atomic E-state index is 14.6. The van der Waals surface area contributed by atoms with Crippen LogP contribution in [0.1, 0.15) is 5.56 Å². The molecule has 0 fully saturated rings. The molecular formula is C10H10ClFN4. The highest BCUT2D eigenvalue weighted by atomic mass is 35.5. The molecule has 4 nitrogen and oxygen atoms in total. The standard InChI is InChI=1S/C10H10ClFN4/c11-7-4-2-1-3-6(7)10(12)5-15-9(14)16-8(10)13/h1-5,9H,14H2,(H2,13,16). The van der Waals surface area contributed by atoms with E-state index in [1.807, 2.05) is 0 Å². The Morgan fingerprint density at radius 3 is 2.69 bits per heavy atom. The summed E-state index contributed by atoms with van der Waals surface area (Å²) in [6.45, 7) is 0. The molecule has 1 heterocycles. The van der Waals surface area contributed by atoms with Crippen LogP contribution in [0, 0.1) is 0 Å². The predicted octanol–water partition coefficient (Wildman–Crippen LogP) is 1.19. The van der Waals surface area contributed by atoms with E-state index in [2.05, 4.69) is 9.98 Å². The molecule has 1 aromatic rings. The number of halogens is 2. The first-order chi connectivity index (χ1) is 7.54. The zero-order valence-electron chi connectivity index (χ0n) is 8.27. The number of benzene rings is 1. The van der Waals surface area contributed by atoms with E-state index in [-0.39, 0.29) is 16.4 Å². The summed E-state index contributed by atoms with van der Waals surface area (Å²) < 4.78 is 14.6. The molecule has 16 heavy (non-hydrogen) atoms. The molecule has 6 heteroatoms. The second kappa shape index (κ2) is 3.84. The Hall–Kier alpha value is -1.46. The molecule has 0 saturated carbocycles. The van der Waals surface area contributed by atoms with E-state index >= 15 is 0 Å². The highest BCUT2D eigenvalue weighted by Gasteiger charge is 2.39. The largest absolute Gasteiger partial charge is 0.384 e. The minimum Gasteiger partial charge on any atom is -0.384 e. The molecular weight excluding hydrogens is 231 g/mol. The van der Waals surface area contributed by atoms with Gasteiger partial charge in [0.15, 0.2) is 6.29 Å². The van der Waals surface area contributed by atoms with Crippen LogP contribution in [-0.4, -0.2) is 18.3 Å². The van der Waals surface area contributed by atoms with Crippen LogP contribution >= 0.6 is 11.6 Å². The first-order valence-electron chi connectivity index (χ1n) is 4.61. The van der Waals surface area contributed by atoms with Crippen molar-refractivity contribution in [3.8, 4) is 0 Å². The van der Waals surface area contributed by atoms with E-state index in [1.54, 1.807) is 18.2 Å². The van der Waals surface area contributed by atoms with Crippen LogP contribution in [0.4, 0.5) is 4.39 Å². The number of rotatable bonds is 1. The zero-order chi connectivity index (χ0) is 11.8. The molecule has 1 aliphatic rings. The van der Waals surface area contributed by atoms with Crippen LogP contribution in [0.5, 0.6) is 0 Å².